The molecule has 0 spiro atoms. The van der Waals surface area contributed by atoms with Crippen LogP contribution in [0.1, 0.15) is 60.3 Å². The van der Waals surface area contributed by atoms with E-state index in [0.29, 0.717) is 25.1 Å². The number of aliphatic hydroxyl groups is 1. The second-order valence-electron chi connectivity index (χ2n) is 7.45. The molecule has 1 aliphatic rings. The first kappa shape index (κ1) is 17.9. The molecule has 0 radical (unpaired) electrons. The highest BCUT2D eigenvalue weighted by Gasteiger charge is 2.24. The molecule has 0 aromatic carbocycles. The fourth-order valence-corrected chi connectivity index (χ4v) is 3.48. The monoisotopic (exact) mass is 285 g/mol. The van der Waals surface area contributed by atoms with Crippen molar-refractivity contribution in [3.05, 3.63) is 0 Å². The quantitative estimate of drug-likeness (QED) is 0.719. The zero-order chi connectivity index (χ0) is 15.1. The van der Waals surface area contributed by atoms with E-state index in [1.165, 1.54) is 19.3 Å². The molecule has 1 saturated carbocycles. The lowest BCUT2D eigenvalue weighted by molar-refractivity contribution is -0.0100. The predicted molar refractivity (Wildman–Crippen MR) is 84.8 cm³/mol. The standard InChI is InChI=1S/C17H35NO2/c1-12(2)6-15(5)20-11-17(19)10-18-16-8-13(3)7-14(4)9-16/h12-19H,6-11H2,1-5H3. The molecule has 20 heavy (non-hydrogen) atoms. The number of aliphatic hydroxyl groups excluding tert-OH is 1. The topological polar surface area (TPSA) is 41.5 Å². The van der Waals surface area contributed by atoms with Gasteiger partial charge in [0.05, 0.1) is 18.8 Å². The van der Waals surface area contributed by atoms with Crippen molar-refractivity contribution in [1.29, 1.82) is 0 Å². The van der Waals surface area contributed by atoms with Crippen LogP contribution in [0.15, 0.2) is 0 Å². The molecule has 0 aliphatic heterocycles. The van der Waals surface area contributed by atoms with Gasteiger partial charge in [-0.2, -0.15) is 0 Å². The zero-order valence-electron chi connectivity index (χ0n) is 14.1. The lowest BCUT2D eigenvalue weighted by atomic mass is 9.80. The molecule has 0 aromatic rings. The Hall–Kier alpha value is -0.120. The molecule has 0 bridgehead atoms. The summed E-state index contributed by atoms with van der Waals surface area (Å²) in [7, 11) is 0. The molecule has 3 heteroatoms. The maximum Gasteiger partial charge on any atom is 0.0897 e. The Morgan fingerprint density at radius 2 is 1.70 bits per heavy atom. The minimum absolute atomic E-state index is 0.236. The molecule has 0 aromatic heterocycles. The average molecular weight is 285 g/mol. The molecule has 0 saturated heterocycles. The first-order chi connectivity index (χ1) is 9.36. The Balaban J connectivity index is 2.14. The van der Waals surface area contributed by atoms with Crippen molar-refractivity contribution in [2.24, 2.45) is 17.8 Å². The van der Waals surface area contributed by atoms with Gasteiger partial charge in [-0.1, -0.05) is 27.7 Å². The molecule has 1 fully saturated rings. The fourth-order valence-electron chi connectivity index (χ4n) is 3.48. The van der Waals surface area contributed by atoms with Gasteiger partial charge in [0, 0.05) is 12.6 Å². The molecule has 0 heterocycles. The third kappa shape index (κ3) is 7.61. The minimum atomic E-state index is -0.392. The van der Waals surface area contributed by atoms with Gasteiger partial charge < -0.3 is 15.2 Å². The van der Waals surface area contributed by atoms with Crippen molar-refractivity contribution in [1.82, 2.24) is 5.32 Å². The molecule has 3 nitrogen and oxygen atoms in total. The molecule has 4 atom stereocenters. The van der Waals surface area contributed by atoms with Crippen LogP contribution in [0.4, 0.5) is 0 Å². The third-order valence-electron chi connectivity index (χ3n) is 4.20. The van der Waals surface area contributed by atoms with Crippen molar-refractivity contribution in [2.45, 2.75) is 78.6 Å². The minimum Gasteiger partial charge on any atom is -0.389 e. The van der Waals surface area contributed by atoms with Crippen LogP contribution in [0.25, 0.3) is 0 Å². The van der Waals surface area contributed by atoms with Crippen LogP contribution >= 0.6 is 0 Å². The molecule has 4 unspecified atom stereocenters. The smallest absolute Gasteiger partial charge is 0.0897 e. The molecule has 2 N–H and O–H groups in total. The first-order valence-corrected chi connectivity index (χ1v) is 8.39. The molecular weight excluding hydrogens is 250 g/mol. The van der Waals surface area contributed by atoms with Crippen LogP contribution in [0, 0.1) is 17.8 Å². The summed E-state index contributed by atoms with van der Waals surface area (Å²) in [6.45, 7) is 12.2. The molecule has 1 rings (SSSR count). The van der Waals surface area contributed by atoms with Gasteiger partial charge in [-0.3, -0.25) is 0 Å². The number of hydrogen-bond acceptors (Lipinski definition) is 3. The van der Waals surface area contributed by atoms with Gasteiger partial charge in [-0.25, -0.2) is 0 Å². The van der Waals surface area contributed by atoms with Gasteiger partial charge in [-0.05, 0) is 50.4 Å². The maximum atomic E-state index is 10.0. The van der Waals surface area contributed by atoms with E-state index in [0.717, 1.165) is 18.3 Å². The second kappa shape index (κ2) is 9.01. The van der Waals surface area contributed by atoms with E-state index in [1.54, 1.807) is 0 Å². The number of hydrogen-bond donors (Lipinski definition) is 2. The fraction of sp³-hybridized carbons (Fsp3) is 1.00. The van der Waals surface area contributed by atoms with E-state index in [4.69, 9.17) is 4.74 Å². The van der Waals surface area contributed by atoms with Crippen molar-refractivity contribution in [2.75, 3.05) is 13.2 Å². The van der Waals surface area contributed by atoms with E-state index >= 15 is 0 Å². The highest BCUT2D eigenvalue weighted by molar-refractivity contribution is 4.80. The number of rotatable bonds is 8. The van der Waals surface area contributed by atoms with E-state index in [1.807, 2.05) is 0 Å². The lowest BCUT2D eigenvalue weighted by Crippen LogP contribution is -2.41. The van der Waals surface area contributed by atoms with Gasteiger partial charge in [0.2, 0.25) is 0 Å². The van der Waals surface area contributed by atoms with Gasteiger partial charge in [-0.15, -0.1) is 0 Å². The third-order valence-corrected chi connectivity index (χ3v) is 4.20. The summed E-state index contributed by atoms with van der Waals surface area (Å²) in [5.74, 6) is 2.25. The van der Waals surface area contributed by atoms with Crippen molar-refractivity contribution in [3.63, 3.8) is 0 Å². The summed E-state index contributed by atoms with van der Waals surface area (Å²) in [6, 6.07) is 0.566. The molecule has 120 valence electrons. The van der Waals surface area contributed by atoms with Crippen molar-refractivity contribution < 1.29 is 9.84 Å². The van der Waals surface area contributed by atoms with Gasteiger partial charge in [0.1, 0.15) is 0 Å². The van der Waals surface area contributed by atoms with E-state index in [2.05, 4.69) is 39.9 Å². The molecular formula is C17H35NO2. The van der Waals surface area contributed by atoms with Crippen molar-refractivity contribution >= 4 is 0 Å². The Bertz CT molecular complexity index is 247. The van der Waals surface area contributed by atoms with Crippen LogP contribution < -0.4 is 5.32 Å². The zero-order valence-corrected chi connectivity index (χ0v) is 14.1. The first-order valence-electron chi connectivity index (χ1n) is 8.39. The van der Waals surface area contributed by atoms with Crippen LogP contribution in [0.5, 0.6) is 0 Å². The average Bonchev–Trinajstić information content (AvgIpc) is 2.32. The van der Waals surface area contributed by atoms with Crippen LogP contribution in [-0.2, 0) is 4.74 Å². The Kier molecular flexibility index (Phi) is 8.08. The predicted octanol–water partition coefficient (Wildman–Crippen LogP) is 3.21. The summed E-state index contributed by atoms with van der Waals surface area (Å²) in [6.07, 6.45) is 4.72. The largest absolute Gasteiger partial charge is 0.389 e. The summed E-state index contributed by atoms with van der Waals surface area (Å²) >= 11 is 0. The summed E-state index contributed by atoms with van der Waals surface area (Å²) in [5, 5.41) is 13.5. The Morgan fingerprint density at radius 3 is 2.25 bits per heavy atom. The summed E-state index contributed by atoms with van der Waals surface area (Å²) in [5.41, 5.74) is 0. The van der Waals surface area contributed by atoms with Crippen molar-refractivity contribution in [3.8, 4) is 0 Å². The lowest BCUT2D eigenvalue weighted by Gasteiger charge is -2.32. The second-order valence-corrected chi connectivity index (χ2v) is 7.45. The van der Waals surface area contributed by atoms with E-state index in [9.17, 15) is 5.11 Å². The number of nitrogens with one attached hydrogen (secondary N) is 1. The maximum absolute atomic E-state index is 10.0. The van der Waals surface area contributed by atoms with Gasteiger partial charge in [0.15, 0.2) is 0 Å². The van der Waals surface area contributed by atoms with Crippen LogP contribution in [0.3, 0.4) is 0 Å². The Labute approximate surface area is 125 Å². The SMILES string of the molecule is CC(C)CC(C)OCC(O)CNC1CC(C)CC(C)C1. The highest BCUT2D eigenvalue weighted by atomic mass is 16.5. The number of ether oxygens (including phenoxy) is 1. The normalized spacial score (nSPS) is 30.4. The highest BCUT2D eigenvalue weighted by Crippen LogP contribution is 2.28. The van der Waals surface area contributed by atoms with Crippen LogP contribution in [0.2, 0.25) is 0 Å². The summed E-state index contributed by atoms with van der Waals surface area (Å²) < 4.78 is 5.71. The summed E-state index contributed by atoms with van der Waals surface area (Å²) in [4.78, 5) is 0. The molecule has 1 aliphatic carbocycles. The van der Waals surface area contributed by atoms with Gasteiger partial charge in [0.25, 0.3) is 0 Å². The van der Waals surface area contributed by atoms with E-state index in [-0.39, 0.29) is 6.10 Å². The Morgan fingerprint density at radius 1 is 1.10 bits per heavy atom. The van der Waals surface area contributed by atoms with Crippen LogP contribution in [-0.4, -0.2) is 36.5 Å². The molecule has 0 amide bonds. The van der Waals surface area contributed by atoms with E-state index < -0.39 is 6.10 Å². The van der Waals surface area contributed by atoms with Gasteiger partial charge >= 0.3 is 0 Å².